The standard InChI is InChI=1S/C44H28/c1-3-14-30(15-4-1)34-24-13-25-35(31-16-5-2-6-17-31)42(34)40-28-32-20-12-27-38-36-22-9-10-23-39(36)44(41(32)38)43(40)37-26-11-19-29-18-7-8-21-33(29)37/h1-28H. The van der Waals surface area contributed by atoms with E-state index in [-0.39, 0.29) is 0 Å². The Balaban J connectivity index is 1.52. The van der Waals surface area contributed by atoms with E-state index in [1.807, 2.05) is 0 Å². The summed E-state index contributed by atoms with van der Waals surface area (Å²) < 4.78 is 0. The van der Waals surface area contributed by atoms with Crippen LogP contribution in [0.4, 0.5) is 0 Å². The molecule has 0 aromatic heterocycles. The highest BCUT2D eigenvalue weighted by Gasteiger charge is 2.29. The van der Waals surface area contributed by atoms with E-state index < -0.39 is 0 Å². The molecule has 9 rings (SSSR count). The molecular formula is C44H28. The van der Waals surface area contributed by atoms with E-state index in [1.165, 1.54) is 88.3 Å². The van der Waals surface area contributed by atoms with E-state index in [4.69, 9.17) is 0 Å². The Morgan fingerprint density at radius 2 is 0.750 bits per heavy atom. The van der Waals surface area contributed by atoms with Gasteiger partial charge in [0.1, 0.15) is 0 Å². The first kappa shape index (κ1) is 24.8. The molecule has 0 atom stereocenters. The van der Waals surface area contributed by atoms with Crippen molar-refractivity contribution in [3.05, 3.63) is 170 Å². The minimum absolute atomic E-state index is 1.22. The summed E-state index contributed by atoms with van der Waals surface area (Å²) in [5.74, 6) is 0. The van der Waals surface area contributed by atoms with Gasteiger partial charge in [-0.1, -0.05) is 164 Å². The maximum Gasteiger partial charge on any atom is -0.000785 e. The van der Waals surface area contributed by atoms with Crippen molar-refractivity contribution in [1.82, 2.24) is 0 Å². The van der Waals surface area contributed by atoms with Crippen molar-refractivity contribution in [2.24, 2.45) is 0 Å². The van der Waals surface area contributed by atoms with Crippen molar-refractivity contribution < 1.29 is 0 Å². The van der Waals surface area contributed by atoms with Crippen molar-refractivity contribution in [2.75, 3.05) is 0 Å². The Morgan fingerprint density at radius 3 is 1.48 bits per heavy atom. The average molecular weight is 557 g/mol. The molecule has 0 bridgehead atoms. The number of hydrogen-bond acceptors (Lipinski definition) is 0. The van der Waals surface area contributed by atoms with Crippen molar-refractivity contribution in [3.63, 3.8) is 0 Å². The molecule has 0 fully saturated rings. The Hall–Kier alpha value is -5.72. The van der Waals surface area contributed by atoms with Crippen molar-refractivity contribution in [2.45, 2.75) is 0 Å². The van der Waals surface area contributed by atoms with Gasteiger partial charge in [-0.05, 0) is 94.4 Å². The molecule has 0 spiro atoms. The van der Waals surface area contributed by atoms with Crippen LogP contribution in [0.2, 0.25) is 0 Å². The van der Waals surface area contributed by atoms with Gasteiger partial charge in [0.2, 0.25) is 0 Å². The Bertz CT molecular complexity index is 2300. The van der Waals surface area contributed by atoms with Gasteiger partial charge in [0.15, 0.2) is 0 Å². The quantitative estimate of drug-likeness (QED) is 0.202. The molecule has 0 N–H and O–H groups in total. The summed E-state index contributed by atoms with van der Waals surface area (Å²) in [5, 5.41) is 5.14. The fourth-order valence-corrected chi connectivity index (χ4v) is 7.37. The zero-order valence-electron chi connectivity index (χ0n) is 24.2. The van der Waals surface area contributed by atoms with Gasteiger partial charge in [-0.15, -0.1) is 0 Å². The maximum absolute atomic E-state index is 2.46. The highest BCUT2D eigenvalue weighted by atomic mass is 14.3. The molecule has 8 aromatic rings. The second-order valence-electron chi connectivity index (χ2n) is 11.6. The van der Waals surface area contributed by atoms with Gasteiger partial charge < -0.3 is 0 Å². The van der Waals surface area contributed by atoms with Crippen LogP contribution in [0.25, 0.3) is 88.3 Å². The van der Waals surface area contributed by atoms with Crippen LogP contribution in [0.3, 0.4) is 0 Å². The van der Waals surface area contributed by atoms with Crippen LogP contribution in [0, 0.1) is 0 Å². The molecule has 1 aliphatic rings. The minimum Gasteiger partial charge on any atom is -0.0622 e. The van der Waals surface area contributed by atoms with E-state index in [9.17, 15) is 0 Å². The van der Waals surface area contributed by atoms with Crippen LogP contribution in [0.15, 0.2) is 170 Å². The normalized spacial score (nSPS) is 11.6. The smallest absolute Gasteiger partial charge is 0.000785 e. The van der Waals surface area contributed by atoms with Gasteiger partial charge in [-0.3, -0.25) is 0 Å². The second kappa shape index (κ2) is 9.93. The van der Waals surface area contributed by atoms with Gasteiger partial charge in [-0.25, -0.2) is 0 Å². The molecule has 0 saturated carbocycles. The van der Waals surface area contributed by atoms with E-state index in [1.54, 1.807) is 0 Å². The highest BCUT2D eigenvalue weighted by Crippen LogP contribution is 2.56. The first-order valence-electron chi connectivity index (χ1n) is 15.3. The highest BCUT2D eigenvalue weighted by molar-refractivity contribution is 6.24. The van der Waals surface area contributed by atoms with Gasteiger partial charge in [0, 0.05) is 0 Å². The topological polar surface area (TPSA) is 0 Å². The number of hydrogen-bond donors (Lipinski definition) is 0. The van der Waals surface area contributed by atoms with E-state index in [0.717, 1.165) is 0 Å². The van der Waals surface area contributed by atoms with Crippen LogP contribution < -0.4 is 0 Å². The van der Waals surface area contributed by atoms with Gasteiger partial charge in [0.05, 0.1) is 0 Å². The first-order chi connectivity index (χ1) is 21.9. The lowest BCUT2D eigenvalue weighted by Crippen LogP contribution is -1.96. The molecule has 0 amide bonds. The van der Waals surface area contributed by atoms with Crippen molar-refractivity contribution in [1.29, 1.82) is 0 Å². The molecule has 0 heterocycles. The number of benzene rings is 8. The van der Waals surface area contributed by atoms with Gasteiger partial charge in [0.25, 0.3) is 0 Å². The maximum atomic E-state index is 2.46. The zero-order valence-corrected chi connectivity index (χ0v) is 24.2. The largest absolute Gasteiger partial charge is 0.0622 e. The average Bonchev–Trinajstić information content (AvgIpc) is 3.44. The van der Waals surface area contributed by atoms with E-state index >= 15 is 0 Å². The zero-order chi connectivity index (χ0) is 29.0. The minimum atomic E-state index is 1.22. The molecule has 0 unspecified atom stereocenters. The van der Waals surface area contributed by atoms with Crippen molar-refractivity contribution in [3.8, 4) is 66.8 Å². The van der Waals surface area contributed by atoms with Crippen molar-refractivity contribution >= 4 is 21.5 Å². The summed E-state index contributed by atoms with van der Waals surface area (Å²) in [4.78, 5) is 0. The van der Waals surface area contributed by atoms with E-state index in [2.05, 4.69) is 170 Å². The summed E-state index contributed by atoms with van der Waals surface area (Å²) >= 11 is 0. The Morgan fingerprint density at radius 1 is 0.250 bits per heavy atom. The SMILES string of the molecule is c1ccc(-c2cccc(-c3ccccc3)c2-c2cc3cccc4c3c(c2-c2cccc3ccccc23)-c2ccccc2-4)cc1. The fourth-order valence-electron chi connectivity index (χ4n) is 7.37. The fraction of sp³-hybridized carbons (Fsp3) is 0. The summed E-state index contributed by atoms with van der Waals surface area (Å²) in [5.41, 5.74) is 15.3. The second-order valence-corrected chi connectivity index (χ2v) is 11.6. The van der Waals surface area contributed by atoms with Crippen LogP contribution in [-0.4, -0.2) is 0 Å². The lowest BCUT2D eigenvalue weighted by Gasteiger charge is -2.23. The van der Waals surface area contributed by atoms with Gasteiger partial charge in [-0.2, -0.15) is 0 Å². The summed E-state index contributed by atoms with van der Waals surface area (Å²) in [6, 6.07) is 62.2. The molecule has 8 aromatic carbocycles. The Labute approximate surface area is 257 Å². The third-order valence-electron chi connectivity index (χ3n) is 9.21. The summed E-state index contributed by atoms with van der Waals surface area (Å²) in [7, 11) is 0. The molecular weight excluding hydrogens is 528 g/mol. The third-order valence-corrected chi connectivity index (χ3v) is 9.21. The first-order valence-corrected chi connectivity index (χ1v) is 15.3. The molecule has 44 heavy (non-hydrogen) atoms. The van der Waals surface area contributed by atoms with E-state index in [0.29, 0.717) is 0 Å². The van der Waals surface area contributed by atoms with Gasteiger partial charge >= 0.3 is 0 Å². The molecule has 0 aliphatic heterocycles. The third kappa shape index (κ3) is 3.71. The number of fused-ring (bicyclic) bond motifs is 4. The van der Waals surface area contributed by atoms with Crippen LogP contribution >= 0.6 is 0 Å². The summed E-state index contributed by atoms with van der Waals surface area (Å²) in [6.45, 7) is 0. The summed E-state index contributed by atoms with van der Waals surface area (Å²) in [6.07, 6.45) is 0. The molecule has 0 radical (unpaired) electrons. The molecule has 1 aliphatic carbocycles. The number of rotatable bonds is 4. The Kier molecular flexibility index (Phi) is 5.61. The molecule has 0 heteroatoms. The predicted octanol–water partition coefficient (Wildman–Crippen LogP) is 12.3. The van der Waals surface area contributed by atoms with Crippen LogP contribution in [-0.2, 0) is 0 Å². The molecule has 0 saturated heterocycles. The monoisotopic (exact) mass is 556 g/mol. The van der Waals surface area contributed by atoms with Crippen LogP contribution in [0.5, 0.6) is 0 Å². The predicted molar refractivity (Wildman–Crippen MR) is 188 cm³/mol. The lowest BCUT2D eigenvalue weighted by molar-refractivity contribution is 1.56. The lowest BCUT2D eigenvalue weighted by atomic mass is 9.80. The molecule has 0 nitrogen and oxygen atoms in total. The molecule has 204 valence electrons. The van der Waals surface area contributed by atoms with Crippen LogP contribution in [0.1, 0.15) is 0 Å².